The van der Waals surface area contributed by atoms with E-state index in [1.165, 1.54) is 0 Å². The number of primary amides is 1. The summed E-state index contributed by atoms with van der Waals surface area (Å²) < 4.78 is 3.28. The van der Waals surface area contributed by atoms with Crippen molar-refractivity contribution < 1.29 is 4.79 Å². The van der Waals surface area contributed by atoms with E-state index in [-0.39, 0.29) is 0 Å². The topological polar surface area (TPSA) is 48.0 Å². The predicted molar refractivity (Wildman–Crippen MR) is 132 cm³/mol. The number of hydrogen-bond donors (Lipinski definition) is 1. The van der Waals surface area contributed by atoms with Gasteiger partial charge in [0.2, 0.25) is 5.91 Å². The molecule has 5 aromatic rings. The first kappa shape index (κ1) is 19.9. The van der Waals surface area contributed by atoms with Gasteiger partial charge in [-0.1, -0.05) is 70.0 Å². The van der Waals surface area contributed by atoms with Crippen molar-refractivity contribution in [2.45, 2.75) is 6.54 Å². The first-order valence-corrected chi connectivity index (χ1v) is 11.0. The zero-order valence-corrected chi connectivity index (χ0v) is 18.8. The molecule has 0 saturated heterocycles. The molecule has 0 radical (unpaired) electrons. The molecule has 0 aliphatic rings. The van der Waals surface area contributed by atoms with Crippen LogP contribution in [0.4, 0.5) is 0 Å². The van der Waals surface area contributed by atoms with E-state index < -0.39 is 5.91 Å². The largest absolute Gasteiger partial charge is 0.366 e. The molecule has 0 fully saturated rings. The molecule has 5 heteroatoms. The zero-order valence-electron chi connectivity index (χ0n) is 16.5. The Morgan fingerprint density at radius 3 is 2.35 bits per heavy atom. The number of amides is 1. The lowest BCUT2D eigenvalue weighted by Gasteiger charge is -2.10. The van der Waals surface area contributed by atoms with Gasteiger partial charge in [-0.15, -0.1) is 0 Å². The highest BCUT2D eigenvalue weighted by Crippen LogP contribution is 2.35. The van der Waals surface area contributed by atoms with Crippen LogP contribution in [-0.4, -0.2) is 10.5 Å². The van der Waals surface area contributed by atoms with Crippen molar-refractivity contribution in [1.29, 1.82) is 0 Å². The number of carbonyl (C=O) groups is 1. The van der Waals surface area contributed by atoms with Gasteiger partial charge in [0.1, 0.15) is 0 Å². The first-order chi connectivity index (χ1) is 15.0. The molecule has 0 bridgehead atoms. The fourth-order valence-electron chi connectivity index (χ4n) is 4.16. The van der Waals surface area contributed by atoms with E-state index in [2.05, 4.69) is 50.8 Å². The van der Waals surface area contributed by atoms with Gasteiger partial charge in [-0.25, -0.2) is 0 Å². The fourth-order valence-corrected chi connectivity index (χ4v) is 4.73. The molecule has 152 valence electrons. The number of rotatable bonds is 4. The molecular formula is C26H18BrClN2O. The minimum atomic E-state index is -0.422. The van der Waals surface area contributed by atoms with E-state index in [0.29, 0.717) is 17.1 Å². The molecule has 2 N–H and O–H groups in total. The molecule has 0 saturated carbocycles. The summed E-state index contributed by atoms with van der Waals surface area (Å²) in [6, 6.07) is 28.1. The molecule has 1 aromatic heterocycles. The maximum Gasteiger partial charge on any atom is 0.249 e. The normalized spacial score (nSPS) is 11.3. The number of halogens is 2. The highest BCUT2D eigenvalue weighted by molar-refractivity contribution is 9.10. The second kappa shape index (κ2) is 7.88. The van der Waals surface area contributed by atoms with Gasteiger partial charge in [0.25, 0.3) is 0 Å². The maximum absolute atomic E-state index is 12.2. The van der Waals surface area contributed by atoms with Gasteiger partial charge in [0, 0.05) is 32.4 Å². The van der Waals surface area contributed by atoms with Crippen LogP contribution in [0, 0.1) is 0 Å². The lowest BCUT2D eigenvalue weighted by atomic mass is 10.0. The summed E-state index contributed by atoms with van der Waals surface area (Å²) in [5.74, 6) is -0.422. The van der Waals surface area contributed by atoms with E-state index in [9.17, 15) is 4.79 Å². The highest BCUT2D eigenvalue weighted by atomic mass is 79.9. The van der Waals surface area contributed by atoms with Crippen LogP contribution in [0.15, 0.2) is 89.4 Å². The Balaban J connectivity index is 1.80. The number of fused-ring (bicyclic) bond motifs is 3. The molecule has 0 spiro atoms. The third-order valence-electron chi connectivity index (χ3n) is 5.56. The minimum Gasteiger partial charge on any atom is -0.366 e. The molecule has 0 unspecified atom stereocenters. The first-order valence-electron chi connectivity index (χ1n) is 9.86. The van der Waals surface area contributed by atoms with Crippen molar-refractivity contribution in [3.8, 4) is 11.1 Å². The number of hydrogen-bond acceptors (Lipinski definition) is 1. The Labute approximate surface area is 193 Å². The fraction of sp³-hybridized carbons (Fsp3) is 0.0385. The predicted octanol–water partition coefficient (Wildman–Crippen LogP) is 7.02. The van der Waals surface area contributed by atoms with Crippen LogP contribution >= 0.6 is 27.5 Å². The van der Waals surface area contributed by atoms with Gasteiger partial charge in [0.15, 0.2) is 0 Å². The van der Waals surface area contributed by atoms with Crippen LogP contribution in [-0.2, 0) is 6.54 Å². The molecule has 5 rings (SSSR count). The van der Waals surface area contributed by atoms with Gasteiger partial charge >= 0.3 is 0 Å². The van der Waals surface area contributed by atoms with Gasteiger partial charge in [-0.3, -0.25) is 4.79 Å². The molecule has 0 atom stereocenters. The van der Waals surface area contributed by atoms with Crippen molar-refractivity contribution in [2.24, 2.45) is 5.73 Å². The van der Waals surface area contributed by atoms with Crippen molar-refractivity contribution in [3.63, 3.8) is 0 Å². The van der Waals surface area contributed by atoms with E-state index >= 15 is 0 Å². The second-order valence-electron chi connectivity index (χ2n) is 7.52. The smallest absolute Gasteiger partial charge is 0.249 e. The minimum absolute atomic E-state index is 0.422. The van der Waals surface area contributed by atoms with E-state index in [1.807, 2.05) is 48.5 Å². The molecule has 1 amide bonds. The molecule has 4 aromatic carbocycles. The number of aromatic nitrogens is 1. The average Bonchev–Trinajstić information content (AvgIpc) is 3.07. The lowest BCUT2D eigenvalue weighted by molar-refractivity contribution is 0.100. The summed E-state index contributed by atoms with van der Waals surface area (Å²) in [7, 11) is 0. The molecule has 3 nitrogen and oxygen atoms in total. The van der Waals surface area contributed by atoms with Crippen molar-refractivity contribution in [2.75, 3.05) is 0 Å². The maximum atomic E-state index is 12.2. The molecule has 0 aliphatic heterocycles. The number of nitrogens with two attached hydrogens (primary N) is 1. The van der Waals surface area contributed by atoms with Crippen LogP contribution < -0.4 is 5.73 Å². The van der Waals surface area contributed by atoms with Crippen LogP contribution in [0.2, 0.25) is 5.02 Å². The van der Waals surface area contributed by atoms with Gasteiger partial charge < -0.3 is 10.3 Å². The van der Waals surface area contributed by atoms with Gasteiger partial charge in [-0.05, 0) is 59.2 Å². The summed E-state index contributed by atoms with van der Waals surface area (Å²) in [6.07, 6.45) is 0. The van der Waals surface area contributed by atoms with Gasteiger partial charge in [0.05, 0.1) is 11.0 Å². The molecule has 1 heterocycles. The Kier molecular flexibility index (Phi) is 5.05. The van der Waals surface area contributed by atoms with Crippen LogP contribution in [0.3, 0.4) is 0 Å². The molecule has 0 aliphatic carbocycles. The molecule has 31 heavy (non-hydrogen) atoms. The number of nitrogens with zero attached hydrogens (tertiary/aromatic N) is 1. The second-order valence-corrected chi connectivity index (χ2v) is 8.87. The molecular weight excluding hydrogens is 472 g/mol. The monoisotopic (exact) mass is 488 g/mol. The quantitative estimate of drug-likeness (QED) is 0.289. The number of carbonyl (C=O) groups excluding carboxylic acids is 1. The highest BCUT2D eigenvalue weighted by Gasteiger charge is 2.17. The third kappa shape index (κ3) is 3.62. The average molecular weight is 490 g/mol. The van der Waals surface area contributed by atoms with E-state index in [1.54, 1.807) is 6.07 Å². The SMILES string of the molecule is NC(=O)c1cccc2c1c1ccc(-c3ccc(Cl)cc3)cc1n2Cc1cccc(Br)c1. The summed E-state index contributed by atoms with van der Waals surface area (Å²) >= 11 is 9.63. The Hall–Kier alpha value is -3.08. The Morgan fingerprint density at radius 1 is 0.871 bits per heavy atom. The van der Waals surface area contributed by atoms with Crippen LogP contribution in [0.25, 0.3) is 32.9 Å². The van der Waals surface area contributed by atoms with Crippen LogP contribution in [0.1, 0.15) is 15.9 Å². The van der Waals surface area contributed by atoms with Crippen molar-refractivity contribution in [3.05, 3.63) is 106 Å². The standard InChI is InChI=1S/C26H18BrClN2O/c27-19-4-1-3-16(13-19)15-30-23-6-2-5-22(26(29)31)25(23)21-12-9-18(14-24(21)30)17-7-10-20(28)11-8-17/h1-14H,15H2,(H2,29,31). The summed E-state index contributed by atoms with van der Waals surface area (Å²) in [5, 5.41) is 2.61. The third-order valence-corrected chi connectivity index (χ3v) is 6.31. The lowest BCUT2D eigenvalue weighted by Crippen LogP contribution is -2.11. The summed E-state index contributed by atoms with van der Waals surface area (Å²) in [4.78, 5) is 12.2. The Morgan fingerprint density at radius 2 is 1.61 bits per heavy atom. The van der Waals surface area contributed by atoms with E-state index in [0.717, 1.165) is 43.0 Å². The number of benzene rings is 4. The van der Waals surface area contributed by atoms with E-state index in [4.69, 9.17) is 17.3 Å². The van der Waals surface area contributed by atoms with Crippen LogP contribution in [0.5, 0.6) is 0 Å². The summed E-state index contributed by atoms with van der Waals surface area (Å²) in [6.45, 7) is 0.672. The Bertz CT molecular complexity index is 1450. The van der Waals surface area contributed by atoms with Crippen molar-refractivity contribution in [1.82, 2.24) is 4.57 Å². The van der Waals surface area contributed by atoms with Crippen molar-refractivity contribution >= 4 is 55.2 Å². The summed E-state index contributed by atoms with van der Waals surface area (Å²) in [5.41, 5.74) is 11.6. The zero-order chi connectivity index (χ0) is 21.5. The van der Waals surface area contributed by atoms with Gasteiger partial charge in [-0.2, -0.15) is 0 Å².